The number of nitriles is 1. The van der Waals surface area contributed by atoms with Gasteiger partial charge in [-0.15, -0.1) is 0 Å². The van der Waals surface area contributed by atoms with Gasteiger partial charge in [-0.05, 0) is 30.6 Å². The Morgan fingerprint density at radius 2 is 1.91 bits per heavy atom. The molecule has 1 nitrogen and oxygen atoms in total. The number of hydrogen-bond acceptors (Lipinski definition) is 1. The highest BCUT2D eigenvalue weighted by molar-refractivity contribution is 5.13. The molecule has 0 saturated heterocycles. The number of rotatable bonds is 0. The Morgan fingerprint density at radius 1 is 1.27 bits per heavy atom. The standard InChI is InChI=1S/C10H13N/c1-7-8-2-4-9(5-3-8)10(7)6-11/h2,4,7-10H,3,5H2,1H3/t7-,8-,9+,10-/m1/s1. The Labute approximate surface area is 67.7 Å². The van der Waals surface area contributed by atoms with E-state index in [9.17, 15) is 0 Å². The molecule has 11 heavy (non-hydrogen) atoms. The van der Waals surface area contributed by atoms with E-state index in [1.807, 2.05) is 0 Å². The minimum atomic E-state index is 0.304. The van der Waals surface area contributed by atoms with Gasteiger partial charge in [0.15, 0.2) is 0 Å². The van der Waals surface area contributed by atoms with Crippen molar-refractivity contribution in [2.45, 2.75) is 19.8 Å². The molecule has 0 aromatic carbocycles. The van der Waals surface area contributed by atoms with E-state index in [-0.39, 0.29) is 0 Å². The van der Waals surface area contributed by atoms with Crippen molar-refractivity contribution in [3.8, 4) is 6.07 Å². The van der Waals surface area contributed by atoms with Gasteiger partial charge in [-0.25, -0.2) is 0 Å². The third-order valence-corrected chi connectivity index (χ3v) is 3.29. The minimum absolute atomic E-state index is 0.304. The summed E-state index contributed by atoms with van der Waals surface area (Å²) in [5, 5.41) is 8.90. The maximum atomic E-state index is 8.90. The second kappa shape index (κ2) is 2.37. The van der Waals surface area contributed by atoms with Gasteiger partial charge in [0.1, 0.15) is 0 Å². The molecule has 4 atom stereocenters. The van der Waals surface area contributed by atoms with E-state index in [4.69, 9.17) is 5.26 Å². The summed E-state index contributed by atoms with van der Waals surface area (Å²) in [6.45, 7) is 2.22. The third kappa shape index (κ3) is 0.894. The van der Waals surface area contributed by atoms with Crippen LogP contribution in [0.25, 0.3) is 0 Å². The zero-order chi connectivity index (χ0) is 7.84. The minimum Gasteiger partial charge on any atom is -0.198 e. The Balaban J connectivity index is 2.28. The Kier molecular flexibility index (Phi) is 1.49. The Morgan fingerprint density at radius 3 is 2.27 bits per heavy atom. The van der Waals surface area contributed by atoms with Crippen molar-refractivity contribution in [1.29, 1.82) is 5.26 Å². The van der Waals surface area contributed by atoms with Gasteiger partial charge in [0, 0.05) is 0 Å². The number of nitrogens with zero attached hydrogens (tertiary/aromatic N) is 1. The normalized spacial score (nSPS) is 47.3. The SMILES string of the molecule is C[C@H]1[C@@H](C#N)[C@H]2C=C[C@@H]1CC2. The largest absolute Gasteiger partial charge is 0.198 e. The second-order valence-electron chi connectivity index (χ2n) is 3.80. The van der Waals surface area contributed by atoms with Crippen LogP contribution in [-0.4, -0.2) is 0 Å². The highest BCUT2D eigenvalue weighted by Gasteiger charge is 2.37. The fourth-order valence-corrected chi connectivity index (χ4v) is 2.47. The molecule has 1 fully saturated rings. The summed E-state index contributed by atoms with van der Waals surface area (Å²) in [5.74, 6) is 2.17. The van der Waals surface area contributed by atoms with Crippen molar-refractivity contribution in [1.82, 2.24) is 0 Å². The fourth-order valence-electron chi connectivity index (χ4n) is 2.47. The highest BCUT2D eigenvalue weighted by Crippen LogP contribution is 2.43. The summed E-state index contributed by atoms with van der Waals surface area (Å²) in [6, 6.07) is 2.43. The number of hydrogen-bond donors (Lipinski definition) is 0. The molecular formula is C10H13N. The lowest BCUT2D eigenvalue weighted by Crippen LogP contribution is -2.34. The molecule has 58 valence electrons. The van der Waals surface area contributed by atoms with E-state index in [0.29, 0.717) is 23.7 Å². The Bertz CT molecular complexity index is 224. The van der Waals surface area contributed by atoms with Crippen molar-refractivity contribution in [2.75, 3.05) is 0 Å². The summed E-state index contributed by atoms with van der Waals surface area (Å²) >= 11 is 0. The average Bonchev–Trinajstić information content (AvgIpc) is 2.06. The molecule has 0 unspecified atom stereocenters. The van der Waals surface area contributed by atoms with Gasteiger partial charge in [-0.3, -0.25) is 0 Å². The van der Waals surface area contributed by atoms with Gasteiger partial charge in [-0.1, -0.05) is 19.1 Å². The van der Waals surface area contributed by atoms with Crippen LogP contribution in [0.4, 0.5) is 0 Å². The summed E-state index contributed by atoms with van der Waals surface area (Å²) < 4.78 is 0. The van der Waals surface area contributed by atoms with Crippen LogP contribution in [0.2, 0.25) is 0 Å². The molecule has 3 aliphatic carbocycles. The van der Waals surface area contributed by atoms with Crippen LogP contribution >= 0.6 is 0 Å². The molecule has 0 radical (unpaired) electrons. The van der Waals surface area contributed by atoms with E-state index in [1.54, 1.807) is 0 Å². The first-order valence-electron chi connectivity index (χ1n) is 4.41. The summed E-state index contributed by atoms with van der Waals surface area (Å²) in [7, 11) is 0. The quantitative estimate of drug-likeness (QED) is 0.482. The zero-order valence-corrected chi connectivity index (χ0v) is 6.83. The first kappa shape index (κ1) is 6.91. The Hall–Kier alpha value is -0.770. The number of allylic oxidation sites excluding steroid dienone is 2. The van der Waals surface area contributed by atoms with E-state index in [1.165, 1.54) is 12.8 Å². The molecule has 0 aromatic heterocycles. The second-order valence-corrected chi connectivity index (χ2v) is 3.80. The highest BCUT2D eigenvalue weighted by atomic mass is 14.4. The van der Waals surface area contributed by atoms with Gasteiger partial charge >= 0.3 is 0 Å². The molecule has 0 N–H and O–H groups in total. The molecule has 2 bridgehead atoms. The smallest absolute Gasteiger partial charge is 0.0665 e. The number of fused-ring (bicyclic) bond motifs is 2. The molecular weight excluding hydrogens is 134 g/mol. The van der Waals surface area contributed by atoms with Crippen molar-refractivity contribution in [3.05, 3.63) is 12.2 Å². The molecule has 0 heterocycles. The van der Waals surface area contributed by atoms with Crippen LogP contribution in [0.3, 0.4) is 0 Å². The average molecular weight is 147 g/mol. The molecule has 3 rings (SSSR count). The molecule has 0 spiro atoms. The molecule has 0 aliphatic heterocycles. The molecule has 0 aromatic rings. The molecule has 1 heteroatoms. The summed E-state index contributed by atoms with van der Waals surface area (Å²) in [5.41, 5.74) is 0. The van der Waals surface area contributed by atoms with Gasteiger partial charge in [0.25, 0.3) is 0 Å². The fraction of sp³-hybridized carbons (Fsp3) is 0.700. The van der Waals surface area contributed by atoms with Gasteiger partial charge in [-0.2, -0.15) is 5.26 Å². The maximum Gasteiger partial charge on any atom is 0.0665 e. The maximum absolute atomic E-state index is 8.90. The van der Waals surface area contributed by atoms with Crippen molar-refractivity contribution in [3.63, 3.8) is 0 Å². The summed E-state index contributed by atoms with van der Waals surface area (Å²) in [4.78, 5) is 0. The lowest BCUT2D eigenvalue weighted by molar-refractivity contribution is 0.180. The zero-order valence-electron chi connectivity index (χ0n) is 6.83. The first-order valence-corrected chi connectivity index (χ1v) is 4.41. The lowest BCUT2D eigenvalue weighted by atomic mass is 9.63. The predicted octanol–water partition coefficient (Wildman–Crippen LogP) is 2.36. The van der Waals surface area contributed by atoms with Crippen LogP contribution in [-0.2, 0) is 0 Å². The monoisotopic (exact) mass is 147 g/mol. The molecule has 1 saturated carbocycles. The van der Waals surface area contributed by atoms with Crippen LogP contribution in [0.5, 0.6) is 0 Å². The van der Waals surface area contributed by atoms with E-state index < -0.39 is 0 Å². The van der Waals surface area contributed by atoms with Crippen molar-refractivity contribution >= 4 is 0 Å². The van der Waals surface area contributed by atoms with Crippen LogP contribution < -0.4 is 0 Å². The first-order chi connectivity index (χ1) is 5.33. The van der Waals surface area contributed by atoms with Gasteiger partial charge < -0.3 is 0 Å². The topological polar surface area (TPSA) is 23.8 Å². The van der Waals surface area contributed by atoms with Gasteiger partial charge in [0.05, 0.1) is 12.0 Å². The van der Waals surface area contributed by atoms with Crippen LogP contribution in [0.1, 0.15) is 19.8 Å². The third-order valence-electron chi connectivity index (χ3n) is 3.29. The van der Waals surface area contributed by atoms with Crippen LogP contribution in [0.15, 0.2) is 12.2 Å². The predicted molar refractivity (Wildman–Crippen MR) is 43.6 cm³/mol. The van der Waals surface area contributed by atoms with E-state index >= 15 is 0 Å². The van der Waals surface area contributed by atoms with E-state index in [0.717, 1.165) is 0 Å². The molecule has 3 aliphatic rings. The van der Waals surface area contributed by atoms with Crippen LogP contribution in [0, 0.1) is 35.0 Å². The van der Waals surface area contributed by atoms with Crippen molar-refractivity contribution < 1.29 is 0 Å². The summed E-state index contributed by atoms with van der Waals surface area (Å²) in [6.07, 6.45) is 7.11. The van der Waals surface area contributed by atoms with E-state index in [2.05, 4.69) is 25.1 Å². The van der Waals surface area contributed by atoms with Gasteiger partial charge in [0.2, 0.25) is 0 Å². The lowest BCUT2D eigenvalue weighted by Gasteiger charge is -2.39. The molecule has 0 amide bonds. The van der Waals surface area contributed by atoms with Crippen molar-refractivity contribution in [2.24, 2.45) is 23.7 Å².